The number of alkyl halides is 3. The molecule has 0 spiro atoms. The molecule has 0 saturated carbocycles. The molecule has 0 aromatic heterocycles. The van der Waals surface area contributed by atoms with Gasteiger partial charge >= 0.3 is 6.18 Å². The molecule has 1 unspecified atom stereocenters. The van der Waals surface area contributed by atoms with Gasteiger partial charge in [-0.25, -0.2) is 0 Å². The number of benzene rings is 1. The van der Waals surface area contributed by atoms with Crippen LogP contribution >= 0.6 is 0 Å². The molecule has 0 bridgehead atoms. The number of aryl methyl sites for hydroxylation is 1. The van der Waals surface area contributed by atoms with E-state index in [9.17, 15) is 13.2 Å². The summed E-state index contributed by atoms with van der Waals surface area (Å²) >= 11 is 0. The van der Waals surface area contributed by atoms with E-state index in [1.54, 1.807) is 0 Å². The van der Waals surface area contributed by atoms with Gasteiger partial charge in [-0.1, -0.05) is 6.07 Å². The first-order valence-electron chi connectivity index (χ1n) is 6.54. The molecule has 0 fully saturated rings. The van der Waals surface area contributed by atoms with E-state index in [0.29, 0.717) is 5.75 Å². The average Bonchev–Trinajstić information content (AvgIpc) is 2.34. The molecule has 19 heavy (non-hydrogen) atoms. The van der Waals surface area contributed by atoms with Crippen LogP contribution in [0.1, 0.15) is 42.9 Å². The van der Waals surface area contributed by atoms with Gasteiger partial charge in [0.05, 0.1) is 6.61 Å². The van der Waals surface area contributed by atoms with Crippen LogP contribution in [0, 0.1) is 0 Å². The van der Waals surface area contributed by atoms with Crippen LogP contribution in [0.5, 0.6) is 5.75 Å². The maximum Gasteiger partial charge on any atom is 0.389 e. The zero-order valence-corrected chi connectivity index (χ0v) is 10.7. The van der Waals surface area contributed by atoms with Crippen LogP contribution in [0.3, 0.4) is 0 Å². The van der Waals surface area contributed by atoms with E-state index in [1.807, 2.05) is 18.2 Å². The second-order valence-corrected chi connectivity index (χ2v) is 4.93. The lowest BCUT2D eigenvalue weighted by atomic mass is 9.88. The predicted molar refractivity (Wildman–Crippen MR) is 67.1 cm³/mol. The highest BCUT2D eigenvalue weighted by Crippen LogP contribution is 2.31. The maximum atomic E-state index is 12.0. The molecule has 0 saturated heterocycles. The standard InChI is InChI=1S/C14H18F3NO/c15-14(16,17)7-2-8-19-11-6-5-10-3-1-4-13(18)12(10)9-11/h5-6,9,13H,1-4,7-8,18H2. The van der Waals surface area contributed by atoms with Gasteiger partial charge in [0.2, 0.25) is 0 Å². The SMILES string of the molecule is NC1CCCc2ccc(OCCCC(F)(F)F)cc21. The van der Waals surface area contributed by atoms with Crippen molar-refractivity contribution in [3.8, 4) is 5.75 Å². The fraction of sp³-hybridized carbons (Fsp3) is 0.571. The second kappa shape index (κ2) is 5.82. The van der Waals surface area contributed by atoms with Gasteiger partial charge < -0.3 is 10.5 Å². The van der Waals surface area contributed by atoms with E-state index >= 15 is 0 Å². The van der Waals surface area contributed by atoms with Crippen molar-refractivity contribution in [2.45, 2.75) is 44.3 Å². The highest BCUT2D eigenvalue weighted by atomic mass is 19.4. The Morgan fingerprint density at radius 3 is 2.84 bits per heavy atom. The summed E-state index contributed by atoms with van der Waals surface area (Å²) in [4.78, 5) is 0. The Morgan fingerprint density at radius 1 is 1.32 bits per heavy atom. The normalized spacial score (nSPS) is 19.1. The summed E-state index contributed by atoms with van der Waals surface area (Å²) in [6.45, 7) is 0.0769. The lowest BCUT2D eigenvalue weighted by molar-refractivity contribution is -0.136. The lowest BCUT2D eigenvalue weighted by Crippen LogP contribution is -2.17. The van der Waals surface area contributed by atoms with Crippen LogP contribution in [0.25, 0.3) is 0 Å². The maximum absolute atomic E-state index is 12.0. The zero-order valence-electron chi connectivity index (χ0n) is 10.7. The van der Waals surface area contributed by atoms with Crippen LogP contribution in [-0.4, -0.2) is 12.8 Å². The lowest BCUT2D eigenvalue weighted by Gasteiger charge is -2.22. The Kier molecular flexibility index (Phi) is 4.34. The van der Waals surface area contributed by atoms with E-state index in [1.165, 1.54) is 5.56 Å². The first-order chi connectivity index (χ1) is 8.96. The van der Waals surface area contributed by atoms with Crippen LogP contribution in [0.4, 0.5) is 13.2 Å². The number of nitrogens with two attached hydrogens (primary N) is 1. The minimum Gasteiger partial charge on any atom is -0.494 e. The van der Waals surface area contributed by atoms with Crippen LogP contribution in [0.2, 0.25) is 0 Å². The van der Waals surface area contributed by atoms with Crippen molar-refractivity contribution in [2.24, 2.45) is 5.73 Å². The summed E-state index contributed by atoms with van der Waals surface area (Å²) in [5.41, 5.74) is 8.32. The van der Waals surface area contributed by atoms with Gasteiger partial charge in [0.15, 0.2) is 0 Å². The number of ether oxygens (including phenoxy) is 1. The van der Waals surface area contributed by atoms with Gasteiger partial charge in [-0.2, -0.15) is 13.2 Å². The molecule has 2 rings (SSSR count). The fourth-order valence-corrected chi connectivity index (χ4v) is 2.37. The quantitative estimate of drug-likeness (QED) is 0.848. The van der Waals surface area contributed by atoms with Gasteiger partial charge in [-0.15, -0.1) is 0 Å². The summed E-state index contributed by atoms with van der Waals surface area (Å²) in [7, 11) is 0. The first-order valence-corrected chi connectivity index (χ1v) is 6.54. The molecular weight excluding hydrogens is 255 g/mol. The smallest absolute Gasteiger partial charge is 0.389 e. The molecule has 5 heteroatoms. The monoisotopic (exact) mass is 273 g/mol. The molecule has 1 aliphatic rings. The summed E-state index contributed by atoms with van der Waals surface area (Å²) in [6.07, 6.45) is -1.90. The second-order valence-electron chi connectivity index (χ2n) is 4.93. The Labute approximate surface area is 110 Å². The largest absolute Gasteiger partial charge is 0.494 e. The van der Waals surface area contributed by atoms with Crippen LogP contribution in [0.15, 0.2) is 18.2 Å². The molecule has 1 aromatic rings. The van der Waals surface area contributed by atoms with Crippen LogP contribution < -0.4 is 10.5 Å². The van der Waals surface area contributed by atoms with E-state index < -0.39 is 12.6 Å². The third-order valence-corrected chi connectivity index (χ3v) is 3.35. The van der Waals surface area contributed by atoms with Gasteiger partial charge in [0, 0.05) is 12.5 Å². The Hall–Kier alpha value is -1.23. The summed E-state index contributed by atoms with van der Waals surface area (Å²) in [5.74, 6) is 0.610. The van der Waals surface area contributed by atoms with Gasteiger partial charge in [0.1, 0.15) is 5.75 Å². The molecule has 1 aromatic carbocycles. The topological polar surface area (TPSA) is 35.2 Å². The minimum atomic E-state index is -4.11. The third kappa shape index (κ3) is 4.13. The Morgan fingerprint density at radius 2 is 2.11 bits per heavy atom. The van der Waals surface area contributed by atoms with Crippen molar-refractivity contribution in [3.63, 3.8) is 0 Å². The van der Waals surface area contributed by atoms with Crippen molar-refractivity contribution in [3.05, 3.63) is 29.3 Å². The number of fused-ring (bicyclic) bond motifs is 1. The molecule has 2 N–H and O–H groups in total. The van der Waals surface area contributed by atoms with Gasteiger partial charge in [0.25, 0.3) is 0 Å². The van der Waals surface area contributed by atoms with E-state index in [-0.39, 0.29) is 19.1 Å². The number of hydrogen-bond acceptors (Lipinski definition) is 2. The predicted octanol–water partition coefficient (Wildman–Crippen LogP) is 3.74. The Bertz CT molecular complexity index is 431. The summed E-state index contributed by atoms with van der Waals surface area (Å²) in [6, 6.07) is 5.66. The molecule has 2 nitrogen and oxygen atoms in total. The minimum absolute atomic E-state index is 0.0162. The van der Waals surface area contributed by atoms with Crippen molar-refractivity contribution in [1.29, 1.82) is 0 Å². The fourth-order valence-electron chi connectivity index (χ4n) is 2.37. The van der Waals surface area contributed by atoms with Gasteiger partial charge in [-0.05, 0) is 48.9 Å². The highest BCUT2D eigenvalue weighted by Gasteiger charge is 2.26. The van der Waals surface area contributed by atoms with E-state index in [2.05, 4.69) is 0 Å². The third-order valence-electron chi connectivity index (χ3n) is 3.35. The molecule has 1 aliphatic carbocycles. The van der Waals surface area contributed by atoms with Crippen molar-refractivity contribution in [2.75, 3.05) is 6.61 Å². The zero-order chi connectivity index (χ0) is 13.9. The first kappa shape index (κ1) is 14.2. The van der Waals surface area contributed by atoms with E-state index in [0.717, 1.165) is 24.8 Å². The molecule has 0 radical (unpaired) electrons. The number of halogens is 3. The molecule has 106 valence electrons. The van der Waals surface area contributed by atoms with Crippen LogP contribution in [-0.2, 0) is 6.42 Å². The average molecular weight is 273 g/mol. The van der Waals surface area contributed by atoms with E-state index in [4.69, 9.17) is 10.5 Å². The van der Waals surface area contributed by atoms with Gasteiger partial charge in [-0.3, -0.25) is 0 Å². The highest BCUT2D eigenvalue weighted by molar-refractivity contribution is 5.39. The van der Waals surface area contributed by atoms with Crippen molar-refractivity contribution < 1.29 is 17.9 Å². The molecule has 0 amide bonds. The van der Waals surface area contributed by atoms with Crippen molar-refractivity contribution in [1.82, 2.24) is 0 Å². The summed E-state index contributed by atoms with van der Waals surface area (Å²) in [5, 5.41) is 0. The molecular formula is C14H18F3NO. The molecule has 1 atom stereocenters. The number of hydrogen-bond donors (Lipinski definition) is 1. The van der Waals surface area contributed by atoms with Crippen molar-refractivity contribution >= 4 is 0 Å². The molecule has 0 heterocycles. The Balaban J connectivity index is 1.89. The summed E-state index contributed by atoms with van der Waals surface area (Å²) < 4.78 is 41.3. The number of rotatable bonds is 4. The molecule has 0 aliphatic heterocycles.